The number of carbonyl (C=O) groups excluding carboxylic acids is 2. The van der Waals surface area contributed by atoms with Crippen LogP contribution in [0.3, 0.4) is 0 Å². The number of hydrogen-bond donors (Lipinski definition) is 2. The number of hydrogen-bond acceptors (Lipinski definition) is 3. The van der Waals surface area contributed by atoms with Gasteiger partial charge in [0, 0.05) is 16.7 Å². The summed E-state index contributed by atoms with van der Waals surface area (Å²) in [4.78, 5) is 28.1. The number of nitrogens with one attached hydrogen (secondary N) is 2. The predicted molar refractivity (Wildman–Crippen MR) is 88.9 cm³/mol. The predicted octanol–water partition coefficient (Wildman–Crippen LogP) is 3.01. The Morgan fingerprint density at radius 3 is 2.50 bits per heavy atom. The first-order valence-corrected chi connectivity index (χ1v) is 7.32. The molecule has 1 heterocycles. The van der Waals surface area contributed by atoms with Gasteiger partial charge in [-0.25, -0.2) is 4.98 Å². The Kier molecular flexibility index (Phi) is 5.43. The van der Waals surface area contributed by atoms with E-state index in [1.165, 1.54) is 0 Å². The van der Waals surface area contributed by atoms with Crippen molar-refractivity contribution in [1.29, 1.82) is 0 Å². The molecule has 2 N–H and O–H groups in total. The molecule has 0 saturated heterocycles. The van der Waals surface area contributed by atoms with Crippen molar-refractivity contribution in [3.05, 3.63) is 71.0 Å². The lowest BCUT2D eigenvalue weighted by Gasteiger charge is -2.07. The van der Waals surface area contributed by atoms with Gasteiger partial charge >= 0.3 is 0 Å². The van der Waals surface area contributed by atoms with Crippen LogP contribution in [0.15, 0.2) is 59.6 Å². The molecule has 0 spiro atoms. The largest absolute Gasteiger partial charge is 0.347 e. The van der Waals surface area contributed by atoms with E-state index < -0.39 is 0 Å². The molecule has 0 atom stereocenters. The molecule has 0 unspecified atom stereocenters. The van der Waals surface area contributed by atoms with Gasteiger partial charge in [0.25, 0.3) is 11.8 Å². The van der Waals surface area contributed by atoms with Gasteiger partial charge in [-0.1, -0.05) is 34.1 Å². The van der Waals surface area contributed by atoms with Gasteiger partial charge in [-0.2, -0.15) is 0 Å². The van der Waals surface area contributed by atoms with Crippen molar-refractivity contribution >= 4 is 33.4 Å². The Labute approximate surface area is 136 Å². The Bertz CT molecular complexity index is 716. The van der Waals surface area contributed by atoms with Crippen molar-refractivity contribution in [2.45, 2.75) is 0 Å². The van der Waals surface area contributed by atoms with Crippen LogP contribution in [0.25, 0.3) is 0 Å². The zero-order valence-corrected chi connectivity index (χ0v) is 13.3. The highest BCUT2D eigenvalue weighted by atomic mass is 79.9. The van der Waals surface area contributed by atoms with E-state index in [0.29, 0.717) is 12.2 Å². The normalized spacial score (nSPS) is 9.86. The smallest absolute Gasteiger partial charge is 0.274 e. The number of amides is 2. The highest BCUT2D eigenvalue weighted by molar-refractivity contribution is 9.10. The first-order chi connectivity index (χ1) is 10.6. The summed E-state index contributed by atoms with van der Waals surface area (Å²) in [6.07, 6.45) is 1.57. The molecular weight excluding hydrogens is 346 g/mol. The molecule has 2 rings (SSSR count). The van der Waals surface area contributed by atoms with Crippen LogP contribution in [0.5, 0.6) is 0 Å². The summed E-state index contributed by atoms with van der Waals surface area (Å²) >= 11 is 3.34. The second kappa shape index (κ2) is 7.51. The van der Waals surface area contributed by atoms with E-state index >= 15 is 0 Å². The van der Waals surface area contributed by atoms with Crippen LogP contribution < -0.4 is 10.6 Å². The minimum atomic E-state index is -0.378. The summed E-state index contributed by atoms with van der Waals surface area (Å²) < 4.78 is 0.857. The molecule has 0 bridgehead atoms. The number of aromatic nitrogens is 1. The molecule has 5 nitrogen and oxygen atoms in total. The maximum absolute atomic E-state index is 12.2. The Hall–Kier alpha value is -2.47. The molecule has 0 radical (unpaired) electrons. The van der Waals surface area contributed by atoms with Gasteiger partial charge in [0.2, 0.25) is 0 Å². The highest BCUT2D eigenvalue weighted by Crippen LogP contribution is 2.16. The first kappa shape index (κ1) is 15.9. The van der Waals surface area contributed by atoms with Crippen LogP contribution in [0.2, 0.25) is 0 Å². The van der Waals surface area contributed by atoms with Crippen LogP contribution in [-0.4, -0.2) is 23.3 Å². The van der Waals surface area contributed by atoms with Gasteiger partial charge < -0.3 is 10.6 Å². The Morgan fingerprint density at radius 1 is 1.14 bits per heavy atom. The molecule has 2 amide bonds. The Balaban J connectivity index is 2.13. The number of nitrogens with zero attached hydrogens (tertiary/aromatic N) is 1. The molecular formula is C16H14BrN3O2. The van der Waals surface area contributed by atoms with Crippen LogP contribution in [0.1, 0.15) is 21.0 Å². The molecule has 1 aromatic heterocycles. The van der Waals surface area contributed by atoms with Crippen molar-refractivity contribution in [2.75, 3.05) is 11.9 Å². The summed E-state index contributed by atoms with van der Waals surface area (Å²) in [6.45, 7) is 3.87. The lowest BCUT2D eigenvalue weighted by Crippen LogP contribution is -2.25. The minimum absolute atomic E-state index is 0.172. The maximum Gasteiger partial charge on any atom is 0.274 e. The van der Waals surface area contributed by atoms with Crippen molar-refractivity contribution in [3.8, 4) is 0 Å². The summed E-state index contributed by atoms with van der Waals surface area (Å²) in [5.41, 5.74) is 0.998. The van der Waals surface area contributed by atoms with Gasteiger partial charge in [-0.15, -0.1) is 6.58 Å². The van der Waals surface area contributed by atoms with Gasteiger partial charge in [-0.3, -0.25) is 9.59 Å². The lowest BCUT2D eigenvalue weighted by atomic mass is 10.2. The van der Waals surface area contributed by atoms with Crippen molar-refractivity contribution in [2.24, 2.45) is 0 Å². The van der Waals surface area contributed by atoms with E-state index in [0.717, 1.165) is 4.47 Å². The zero-order valence-electron chi connectivity index (χ0n) is 11.7. The van der Waals surface area contributed by atoms with Crippen LogP contribution in [0, 0.1) is 0 Å². The second-order valence-electron chi connectivity index (χ2n) is 4.37. The van der Waals surface area contributed by atoms with E-state index in [1.54, 1.807) is 36.4 Å². The van der Waals surface area contributed by atoms with Crippen LogP contribution in [-0.2, 0) is 0 Å². The fraction of sp³-hybridized carbons (Fsp3) is 0.0625. The van der Waals surface area contributed by atoms with Crippen molar-refractivity contribution < 1.29 is 9.59 Å². The van der Waals surface area contributed by atoms with Gasteiger partial charge in [0.1, 0.15) is 11.4 Å². The average Bonchev–Trinajstić information content (AvgIpc) is 2.52. The molecule has 0 saturated carbocycles. The van der Waals surface area contributed by atoms with Crippen LogP contribution in [0.4, 0.5) is 5.69 Å². The number of rotatable bonds is 5. The number of pyridine rings is 1. The van der Waals surface area contributed by atoms with Gasteiger partial charge in [0.15, 0.2) is 0 Å². The lowest BCUT2D eigenvalue weighted by molar-refractivity contribution is 0.0953. The monoisotopic (exact) mass is 359 g/mol. The van der Waals surface area contributed by atoms with Crippen molar-refractivity contribution in [3.63, 3.8) is 0 Å². The van der Waals surface area contributed by atoms with E-state index in [1.807, 2.05) is 12.1 Å². The molecule has 112 valence electrons. The van der Waals surface area contributed by atoms with E-state index in [-0.39, 0.29) is 23.2 Å². The minimum Gasteiger partial charge on any atom is -0.347 e. The molecule has 0 aliphatic rings. The third kappa shape index (κ3) is 4.26. The van der Waals surface area contributed by atoms with Gasteiger partial charge in [0.05, 0.1) is 0 Å². The molecule has 0 fully saturated rings. The summed E-state index contributed by atoms with van der Waals surface area (Å²) in [5, 5.41) is 5.34. The highest BCUT2D eigenvalue weighted by Gasteiger charge is 2.12. The van der Waals surface area contributed by atoms with Crippen LogP contribution >= 0.6 is 15.9 Å². The first-order valence-electron chi connectivity index (χ1n) is 6.53. The number of halogens is 1. The van der Waals surface area contributed by atoms with Crippen molar-refractivity contribution in [1.82, 2.24) is 10.3 Å². The molecule has 0 aliphatic heterocycles. The topological polar surface area (TPSA) is 71.1 Å². The summed E-state index contributed by atoms with van der Waals surface area (Å²) in [7, 11) is 0. The fourth-order valence-corrected chi connectivity index (χ4v) is 2.10. The zero-order chi connectivity index (χ0) is 15.9. The second-order valence-corrected chi connectivity index (χ2v) is 5.29. The standard InChI is InChI=1S/C16H14BrN3O2/c1-2-9-18-15(21)13-7-4-8-14(20-13)16(22)19-12-6-3-5-11(17)10-12/h2-8,10H,1,9H2,(H,18,21)(H,19,22). The molecule has 1 aromatic carbocycles. The third-order valence-corrected chi connectivity index (χ3v) is 3.20. The van der Waals surface area contributed by atoms with E-state index in [2.05, 4.69) is 38.1 Å². The number of anilines is 1. The van der Waals surface area contributed by atoms with Gasteiger partial charge in [-0.05, 0) is 30.3 Å². The summed E-state index contributed by atoms with van der Waals surface area (Å²) in [5.74, 6) is -0.728. The number of carbonyl (C=O) groups is 2. The Morgan fingerprint density at radius 2 is 1.82 bits per heavy atom. The third-order valence-electron chi connectivity index (χ3n) is 2.70. The maximum atomic E-state index is 12.2. The van der Waals surface area contributed by atoms with E-state index in [9.17, 15) is 9.59 Å². The SMILES string of the molecule is C=CCNC(=O)c1cccc(C(=O)Nc2cccc(Br)c2)n1. The number of benzene rings is 1. The van der Waals surface area contributed by atoms with E-state index in [4.69, 9.17) is 0 Å². The molecule has 0 aliphatic carbocycles. The fourth-order valence-electron chi connectivity index (χ4n) is 1.70. The molecule has 6 heteroatoms. The molecule has 22 heavy (non-hydrogen) atoms. The quantitative estimate of drug-likeness (QED) is 0.806. The summed E-state index contributed by atoms with van der Waals surface area (Å²) in [6, 6.07) is 11.9. The molecule has 2 aromatic rings. The average molecular weight is 360 g/mol.